The summed E-state index contributed by atoms with van der Waals surface area (Å²) >= 11 is 0. The zero-order valence-corrected chi connectivity index (χ0v) is 8.08. The van der Waals surface area contributed by atoms with Gasteiger partial charge in [-0.1, -0.05) is 12.1 Å². The first-order valence-electron chi connectivity index (χ1n) is 4.11. The Morgan fingerprint density at radius 1 is 1.47 bits per heavy atom. The van der Waals surface area contributed by atoms with Crippen LogP contribution in [0.1, 0.15) is 5.56 Å². The molecule has 0 aliphatic carbocycles. The van der Waals surface area contributed by atoms with Crippen molar-refractivity contribution < 1.29 is 14.3 Å². The molecule has 1 rings (SSSR count). The molecule has 0 unspecified atom stereocenters. The normalized spacial score (nSPS) is 8.87. The summed E-state index contributed by atoms with van der Waals surface area (Å²) in [5, 5.41) is 2.77. The molecule has 0 spiro atoms. The van der Waals surface area contributed by atoms with Gasteiger partial charge in [0.15, 0.2) is 0 Å². The Bertz CT molecular complexity index is 382. The summed E-state index contributed by atoms with van der Waals surface area (Å²) < 4.78 is 9.60. The van der Waals surface area contributed by atoms with Gasteiger partial charge < -0.3 is 9.47 Å². The van der Waals surface area contributed by atoms with Crippen molar-refractivity contribution in [3.8, 4) is 5.75 Å². The summed E-state index contributed by atoms with van der Waals surface area (Å²) in [5.74, 6) is 0.722. The molecule has 0 radical (unpaired) electrons. The number of azide groups is 1. The summed E-state index contributed by atoms with van der Waals surface area (Å²) in [6.07, 6.45) is -0.937. The third-order valence-electron chi connectivity index (χ3n) is 1.65. The van der Waals surface area contributed by atoms with E-state index in [9.17, 15) is 4.79 Å². The highest BCUT2D eigenvalue weighted by atomic mass is 16.5. The molecule has 0 saturated carbocycles. The van der Waals surface area contributed by atoms with Crippen LogP contribution in [0.25, 0.3) is 10.4 Å². The van der Waals surface area contributed by atoms with Gasteiger partial charge in [0.1, 0.15) is 12.4 Å². The van der Waals surface area contributed by atoms with E-state index in [1.54, 1.807) is 31.4 Å². The Balaban J connectivity index is 2.51. The molecule has 1 aromatic carbocycles. The van der Waals surface area contributed by atoms with Crippen molar-refractivity contribution in [1.82, 2.24) is 0 Å². The van der Waals surface area contributed by atoms with E-state index in [0.29, 0.717) is 0 Å². The molecule has 1 amide bonds. The molecule has 0 saturated heterocycles. The fourth-order valence-electron chi connectivity index (χ4n) is 0.932. The van der Waals surface area contributed by atoms with Crippen molar-refractivity contribution in [3.63, 3.8) is 0 Å². The smallest absolute Gasteiger partial charge is 0.397 e. The average molecular weight is 207 g/mol. The molecule has 6 heteroatoms. The molecule has 0 heterocycles. The number of methoxy groups -OCH3 is 1. The molecule has 0 atom stereocenters. The Labute approximate surface area is 86.0 Å². The third-order valence-corrected chi connectivity index (χ3v) is 1.65. The fraction of sp³-hybridized carbons (Fsp3) is 0.222. The lowest BCUT2D eigenvalue weighted by atomic mass is 10.2. The number of nitrogens with zero attached hydrogens (tertiary/aromatic N) is 3. The van der Waals surface area contributed by atoms with Crippen LogP contribution in [-0.4, -0.2) is 13.2 Å². The van der Waals surface area contributed by atoms with Crippen LogP contribution in [-0.2, 0) is 11.3 Å². The molecule has 0 aliphatic heterocycles. The lowest BCUT2D eigenvalue weighted by Crippen LogP contribution is -1.97. The van der Waals surface area contributed by atoms with Crippen molar-refractivity contribution in [2.24, 2.45) is 5.11 Å². The number of carbonyl (C=O) groups is 1. The van der Waals surface area contributed by atoms with E-state index in [-0.39, 0.29) is 6.61 Å². The van der Waals surface area contributed by atoms with Crippen LogP contribution >= 0.6 is 0 Å². The Morgan fingerprint density at radius 2 is 2.13 bits per heavy atom. The predicted molar refractivity (Wildman–Crippen MR) is 52.3 cm³/mol. The fourth-order valence-corrected chi connectivity index (χ4v) is 0.932. The molecule has 6 nitrogen and oxygen atoms in total. The first-order valence-corrected chi connectivity index (χ1v) is 4.11. The van der Waals surface area contributed by atoms with Gasteiger partial charge in [-0.3, -0.25) is 0 Å². The van der Waals surface area contributed by atoms with Crippen LogP contribution in [0.4, 0.5) is 4.79 Å². The minimum absolute atomic E-state index is 0.0713. The van der Waals surface area contributed by atoms with Crippen molar-refractivity contribution in [1.29, 1.82) is 0 Å². The topological polar surface area (TPSA) is 84.3 Å². The van der Waals surface area contributed by atoms with E-state index >= 15 is 0 Å². The number of amides is 1. The molecule has 78 valence electrons. The van der Waals surface area contributed by atoms with Crippen LogP contribution in [0.2, 0.25) is 0 Å². The number of rotatable bonds is 3. The SMILES string of the molecule is COc1ccc(COC(=O)N=[N+]=[N-])cc1. The maximum atomic E-state index is 10.7. The zero-order valence-electron chi connectivity index (χ0n) is 8.08. The number of carbonyl (C=O) groups excluding carboxylic acids is 1. The zero-order chi connectivity index (χ0) is 11.1. The minimum atomic E-state index is -0.937. The third kappa shape index (κ3) is 3.58. The summed E-state index contributed by atoms with van der Waals surface area (Å²) in [5.41, 5.74) is 8.73. The minimum Gasteiger partial charge on any atom is -0.497 e. The maximum absolute atomic E-state index is 10.7. The van der Waals surface area contributed by atoms with Gasteiger partial charge in [0.05, 0.1) is 7.11 Å². The van der Waals surface area contributed by atoms with E-state index in [4.69, 9.17) is 10.3 Å². The van der Waals surface area contributed by atoms with E-state index in [0.717, 1.165) is 11.3 Å². The quantitative estimate of drug-likeness (QED) is 0.433. The summed E-state index contributed by atoms with van der Waals surface area (Å²) in [7, 11) is 1.57. The first kappa shape index (κ1) is 10.9. The van der Waals surface area contributed by atoms with Gasteiger partial charge in [0, 0.05) is 10.0 Å². The number of benzene rings is 1. The highest BCUT2D eigenvalue weighted by Gasteiger charge is 1.99. The highest BCUT2D eigenvalue weighted by Crippen LogP contribution is 2.11. The number of ether oxygens (including phenoxy) is 2. The first-order chi connectivity index (χ1) is 7.26. The lowest BCUT2D eigenvalue weighted by Gasteiger charge is -2.03. The van der Waals surface area contributed by atoms with E-state index < -0.39 is 6.09 Å². The lowest BCUT2D eigenvalue weighted by molar-refractivity contribution is 0.150. The molecular weight excluding hydrogens is 198 g/mol. The second-order valence-electron chi connectivity index (χ2n) is 2.59. The van der Waals surface area contributed by atoms with Crippen LogP contribution in [0.5, 0.6) is 5.75 Å². The Hall–Kier alpha value is -2.20. The van der Waals surface area contributed by atoms with Gasteiger partial charge in [-0.05, 0) is 23.2 Å². The van der Waals surface area contributed by atoms with Gasteiger partial charge in [0.2, 0.25) is 0 Å². The number of hydrogen-bond donors (Lipinski definition) is 0. The molecule has 0 fully saturated rings. The van der Waals surface area contributed by atoms with E-state index in [1.807, 2.05) is 0 Å². The van der Waals surface area contributed by atoms with Crippen LogP contribution in [0.15, 0.2) is 29.4 Å². The van der Waals surface area contributed by atoms with Crippen LogP contribution in [0, 0.1) is 0 Å². The van der Waals surface area contributed by atoms with Gasteiger partial charge in [-0.2, -0.15) is 0 Å². The Morgan fingerprint density at radius 3 is 2.67 bits per heavy atom. The Kier molecular flexibility index (Phi) is 4.00. The molecule has 1 aromatic rings. The largest absolute Gasteiger partial charge is 0.497 e. The summed E-state index contributed by atoms with van der Waals surface area (Å²) in [6.45, 7) is 0.0713. The van der Waals surface area contributed by atoms with Crippen molar-refractivity contribution in [2.75, 3.05) is 7.11 Å². The summed E-state index contributed by atoms with van der Waals surface area (Å²) in [4.78, 5) is 13.0. The summed E-state index contributed by atoms with van der Waals surface area (Å²) in [6, 6.07) is 7.00. The van der Waals surface area contributed by atoms with Gasteiger partial charge in [-0.15, -0.1) is 0 Å². The molecular formula is C9H9N3O3. The molecule has 15 heavy (non-hydrogen) atoms. The molecule has 0 aromatic heterocycles. The monoisotopic (exact) mass is 207 g/mol. The highest BCUT2D eigenvalue weighted by molar-refractivity contribution is 5.67. The standard InChI is InChI=1S/C9H9N3O3/c1-14-8-4-2-7(3-5-8)6-15-9(13)11-12-10/h2-5H,6H2,1H3. The van der Waals surface area contributed by atoms with Gasteiger partial charge in [0.25, 0.3) is 0 Å². The average Bonchev–Trinajstić information content (AvgIpc) is 2.27. The van der Waals surface area contributed by atoms with Gasteiger partial charge >= 0.3 is 6.09 Å². The molecule has 0 aliphatic rings. The predicted octanol–water partition coefficient (Wildman–Crippen LogP) is 2.64. The van der Waals surface area contributed by atoms with Crippen molar-refractivity contribution in [2.45, 2.75) is 6.61 Å². The maximum Gasteiger partial charge on any atom is 0.397 e. The number of hydrogen-bond acceptors (Lipinski definition) is 3. The molecule has 0 bridgehead atoms. The van der Waals surface area contributed by atoms with Crippen molar-refractivity contribution in [3.05, 3.63) is 40.3 Å². The van der Waals surface area contributed by atoms with Crippen LogP contribution in [0.3, 0.4) is 0 Å². The second kappa shape index (κ2) is 5.51. The van der Waals surface area contributed by atoms with E-state index in [1.165, 1.54) is 0 Å². The molecule has 0 N–H and O–H groups in total. The van der Waals surface area contributed by atoms with Gasteiger partial charge in [-0.25, -0.2) is 4.79 Å². The second-order valence-corrected chi connectivity index (χ2v) is 2.59. The van der Waals surface area contributed by atoms with E-state index in [2.05, 4.69) is 14.8 Å². The van der Waals surface area contributed by atoms with Crippen LogP contribution < -0.4 is 4.74 Å². The van der Waals surface area contributed by atoms with Crippen molar-refractivity contribution >= 4 is 6.09 Å².